The summed E-state index contributed by atoms with van der Waals surface area (Å²) in [5.41, 5.74) is 10.4. The van der Waals surface area contributed by atoms with E-state index in [2.05, 4.69) is 31.3 Å². The number of hydrogen-bond donors (Lipinski definition) is 2. The van der Waals surface area contributed by atoms with Gasteiger partial charge in [-0.15, -0.1) is 0 Å². The van der Waals surface area contributed by atoms with Gasteiger partial charge in [-0.2, -0.15) is 5.10 Å². The Morgan fingerprint density at radius 2 is 1.83 bits per heavy atom. The van der Waals surface area contributed by atoms with E-state index in [1.807, 2.05) is 24.3 Å². The number of hydrazone groups is 1. The Bertz CT molecular complexity index is 441. The molecule has 0 aliphatic heterocycles. The molecule has 18 heavy (non-hydrogen) atoms. The van der Waals surface area contributed by atoms with Crippen molar-refractivity contribution in [2.24, 2.45) is 10.8 Å². The summed E-state index contributed by atoms with van der Waals surface area (Å²) >= 11 is 0. The third-order valence-corrected chi connectivity index (χ3v) is 2.66. The first-order valence-corrected chi connectivity index (χ1v) is 5.98. The van der Waals surface area contributed by atoms with Crippen molar-refractivity contribution in [2.45, 2.75) is 33.1 Å². The Hall–Kier alpha value is -1.68. The molecular formula is C14H21N3O. The van der Waals surface area contributed by atoms with E-state index in [1.54, 1.807) is 6.92 Å². The van der Waals surface area contributed by atoms with E-state index in [0.717, 1.165) is 0 Å². The van der Waals surface area contributed by atoms with Gasteiger partial charge in [0.25, 0.3) is 5.91 Å². The summed E-state index contributed by atoms with van der Waals surface area (Å²) in [6.07, 6.45) is 0. The summed E-state index contributed by atoms with van der Waals surface area (Å²) in [5.74, 6) is -0.219. The van der Waals surface area contributed by atoms with Crippen LogP contribution in [0.5, 0.6) is 0 Å². The largest absolute Gasteiger partial charge is 0.325 e. The van der Waals surface area contributed by atoms with E-state index in [1.165, 1.54) is 5.56 Å². The maximum atomic E-state index is 11.8. The average Bonchev–Trinajstić information content (AvgIpc) is 2.34. The number of carbonyl (C=O) groups is 1. The fourth-order valence-corrected chi connectivity index (χ4v) is 1.38. The van der Waals surface area contributed by atoms with Crippen LogP contribution in [0.1, 0.15) is 43.6 Å². The minimum atomic E-state index is -0.219. The molecule has 0 bridgehead atoms. The van der Waals surface area contributed by atoms with Gasteiger partial charge in [0.1, 0.15) is 0 Å². The molecule has 0 spiro atoms. The molecule has 0 aromatic heterocycles. The lowest BCUT2D eigenvalue weighted by molar-refractivity contribution is 0.0954. The molecule has 0 aliphatic carbocycles. The first-order chi connectivity index (χ1) is 8.34. The summed E-state index contributed by atoms with van der Waals surface area (Å²) in [6.45, 7) is 8.51. The number of rotatable bonds is 3. The number of hydrogen-bond acceptors (Lipinski definition) is 3. The Balaban J connectivity index is 2.77. The average molecular weight is 247 g/mol. The van der Waals surface area contributed by atoms with Gasteiger partial charge in [-0.25, -0.2) is 5.43 Å². The SMILES string of the molecule is C/C(CN)=N\NC(=O)c1ccc(C(C)(C)C)cc1. The minimum Gasteiger partial charge on any atom is -0.325 e. The lowest BCUT2D eigenvalue weighted by atomic mass is 9.87. The van der Waals surface area contributed by atoms with Crippen LogP contribution in [-0.2, 0) is 5.41 Å². The molecule has 1 rings (SSSR count). The van der Waals surface area contributed by atoms with Gasteiger partial charge < -0.3 is 5.73 Å². The number of nitrogens with zero attached hydrogens (tertiary/aromatic N) is 1. The lowest BCUT2D eigenvalue weighted by Gasteiger charge is -2.18. The summed E-state index contributed by atoms with van der Waals surface area (Å²) in [4.78, 5) is 11.8. The van der Waals surface area contributed by atoms with Crippen molar-refractivity contribution in [3.63, 3.8) is 0 Å². The highest BCUT2D eigenvalue weighted by atomic mass is 16.2. The van der Waals surface area contributed by atoms with Crippen molar-refractivity contribution >= 4 is 11.6 Å². The van der Waals surface area contributed by atoms with Gasteiger partial charge in [0.2, 0.25) is 0 Å². The molecule has 0 atom stereocenters. The maximum absolute atomic E-state index is 11.8. The Morgan fingerprint density at radius 1 is 1.28 bits per heavy atom. The van der Waals surface area contributed by atoms with E-state index in [9.17, 15) is 4.79 Å². The Kier molecular flexibility index (Phi) is 4.62. The molecule has 0 unspecified atom stereocenters. The van der Waals surface area contributed by atoms with Crippen molar-refractivity contribution in [1.29, 1.82) is 0 Å². The molecule has 0 radical (unpaired) electrons. The molecule has 98 valence electrons. The molecule has 4 heteroatoms. The zero-order valence-corrected chi connectivity index (χ0v) is 11.4. The molecule has 1 amide bonds. The monoisotopic (exact) mass is 247 g/mol. The van der Waals surface area contributed by atoms with Crippen LogP contribution in [0.25, 0.3) is 0 Å². The molecule has 3 N–H and O–H groups in total. The fourth-order valence-electron chi connectivity index (χ4n) is 1.38. The van der Waals surface area contributed by atoms with Crippen LogP contribution in [0.2, 0.25) is 0 Å². The van der Waals surface area contributed by atoms with Crippen molar-refractivity contribution in [1.82, 2.24) is 5.43 Å². The topological polar surface area (TPSA) is 67.5 Å². The number of carbonyl (C=O) groups excluding carboxylic acids is 1. The normalized spacial score (nSPS) is 12.4. The van der Waals surface area contributed by atoms with Gasteiger partial charge in [-0.05, 0) is 30.0 Å². The standard InChI is InChI=1S/C14H21N3O/c1-10(9-15)16-17-13(18)11-5-7-12(8-6-11)14(2,3)4/h5-8H,9,15H2,1-4H3,(H,17,18)/b16-10+. The highest BCUT2D eigenvalue weighted by Gasteiger charge is 2.14. The molecule has 0 heterocycles. The van der Waals surface area contributed by atoms with Crippen LogP contribution in [-0.4, -0.2) is 18.2 Å². The van der Waals surface area contributed by atoms with Gasteiger partial charge in [-0.1, -0.05) is 32.9 Å². The van der Waals surface area contributed by atoms with Gasteiger partial charge >= 0.3 is 0 Å². The Morgan fingerprint density at radius 3 is 2.28 bits per heavy atom. The number of nitrogens with two attached hydrogens (primary N) is 1. The summed E-state index contributed by atoms with van der Waals surface area (Å²) < 4.78 is 0. The van der Waals surface area contributed by atoms with E-state index in [-0.39, 0.29) is 11.3 Å². The smallest absolute Gasteiger partial charge is 0.271 e. The predicted octanol–water partition coefficient (Wildman–Crippen LogP) is 2.05. The molecule has 4 nitrogen and oxygen atoms in total. The van der Waals surface area contributed by atoms with Crippen molar-refractivity contribution in [2.75, 3.05) is 6.54 Å². The second-order valence-corrected chi connectivity index (χ2v) is 5.32. The second kappa shape index (κ2) is 5.78. The Labute approximate surface area is 108 Å². The summed E-state index contributed by atoms with van der Waals surface area (Å²) in [6, 6.07) is 7.55. The quantitative estimate of drug-likeness (QED) is 0.634. The number of amides is 1. The minimum absolute atomic E-state index is 0.0866. The summed E-state index contributed by atoms with van der Waals surface area (Å²) in [5, 5.41) is 3.88. The predicted molar refractivity (Wildman–Crippen MR) is 74.8 cm³/mol. The third kappa shape index (κ3) is 3.96. The molecule has 0 fully saturated rings. The van der Waals surface area contributed by atoms with Crippen LogP contribution in [0.4, 0.5) is 0 Å². The zero-order valence-electron chi connectivity index (χ0n) is 11.4. The number of nitrogens with one attached hydrogen (secondary N) is 1. The van der Waals surface area contributed by atoms with Crippen molar-refractivity contribution in [3.8, 4) is 0 Å². The van der Waals surface area contributed by atoms with E-state index in [0.29, 0.717) is 17.8 Å². The summed E-state index contributed by atoms with van der Waals surface area (Å²) in [7, 11) is 0. The highest BCUT2D eigenvalue weighted by Crippen LogP contribution is 2.22. The maximum Gasteiger partial charge on any atom is 0.271 e. The zero-order chi connectivity index (χ0) is 13.8. The number of benzene rings is 1. The molecule has 0 saturated heterocycles. The van der Waals surface area contributed by atoms with Crippen molar-refractivity contribution in [3.05, 3.63) is 35.4 Å². The van der Waals surface area contributed by atoms with E-state index >= 15 is 0 Å². The fraction of sp³-hybridized carbons (Fsp3) is 0.429. The van der Waals surface area contributed by atoms with Crippen LogP contribution < -0.4 is 11.2 Å². The van der Waals surface area contributed by atoms with Gasteiger partial charge in [0.15, 0.2) is 0 Å². The first-order valence-electron chi connectivity index (χ1n) is 5.98. The van der Waals surface area contributed by atoms with E-state index < -0.39 is 0 Å². The van der Waals surface area contributed by atoms with Crippen molar-refractivity contribution < 1.29 is 4.79 Å². The van der Waals surface area contributed by atoms with Gasteiger partial charge in [0, 0.05) is 17.8 Å². The van der Waals surface area contributed by atoms with Crippen LogP contribution in [0.15, 0.2) is 29.4 Å². The van der Waals surface area contributed by atoms with Gasteiger partial charge in [-0.3, -0.25) is 4.79 Å². The van der Waals surface area contributed by atoms with E-state index in [4.69, 9.17) is 5.73 Å². The molecule has 0 aliphatic rings. The lowest BCUT2D eigenvalue weighted by Crippen LogP contribution is -2.22. The first kappa shape index (κ1) is 14.4. The van der Waals surface area contributed by atoms with Crippen LogP contribution >= 0.6 is 0 Å². The second-order valence-electron chi connectivity index (χ2n) is 5.32. The van der Waals surface area contributed by atoms with Crippen LogP contribution in [0.3, 0.4) is 0 Å². The molecule has 1 aromatic rings. The molecular weight excluding hydrogens is 226 g/mol. The van der Waals surface area contributed by atoms with Gasteiger partial charge in [0.05, 0.1) is 0 Å². The molecule has 0 saturated carbocycles. The molecule has 1 aromatic carbocycles. The van der Waals surface area contributed by atoms with Crippen LogP contribution in [0, 0.1) is 0 Å². The highest BCUT2D eigenvalue weighted by molar-refractivity contribution is 5.95. The third-order valence-electron chi connectivity index (χ3n) is 2.66.